The zero-order valence-electron chi connectivity index (χ0n) is 19.1. The summed E-state index contributed by atoms with van der Waals surface area (Å²) in [5.41, 5.74) is 3.03. The summed E-state index contributed by atoms with van der Waals surface area (Å²) < 4.78 is 17.7. The molecule has 3 nitrogen and oxygen atoms in total. The van der Waals surface area contributed by atoms with Gasteiger partial charge in [-0.2, -0.15) is 0 Å². The molecular formula is C28H36O3. The highest BCUT2D eigenvalue weighted by Crippen LogP contribution is 2.27. The van der Waals surface area contributed by atoms with Crippen LogP contribution in [0, 0.1) is 17.8 Å². The smallest absolute Gasteiger partial charge is 0.183 e. The Labute approximate surface area is 188 Å². The van der Waals surface area contributed by atoms with Gasteiger partial charge in [0.15, 0.2) is 6.29 Å². The Morgan fingerprint density at radius 3 is 1.97 bits per heavy atom. The number of hydrogen-bond donors (Lipinski definition) is 0. The first kappa shape index (κ1) is 23.4. The van der Waals surface area contributed by atoms with Crippen LogP contribution in [-0.2, 0) is 9.47 Å². The first-order valence-electron chi connectivity index (χ1n) is 11.9. The molecule has 3 heteroatoms. The minimum absolute atomic E-state index is 0.255. The summed E-state index contributed by atoms with van der Waals surface area (Å²) in [6.45, 7) is 6.78. The summed E-state index contributed by atoms with van der Waals surface area (Å²) in [7, 11) is 0. The second-order valence-electron chi connectivity index (χ2n) is 8.31. The number of unbranched alkanes of at least 4 members (excludes halogenated alkanes) is 4. The normalized spacial score (nSPS) is 18.3. The van der Waals surface area contributed by atoms with Gasteiger partial charge in [-0.1, -0.05) is 69.9 Å². The largest absolute Gasteiger partial charge is 0.494 e. The fourth-order valence-electron chi connectivity index (χ4n) is 3.63. The van der Waals surface area contributed by atoms with Crippen LogP contribution in [0.4, 0.5) is 0 Å². The van der Waals surface area contributed by atoms with Crippen molar-refractivity contribution in [1.29, 1.82) is 0 Å². The van der Waals surface area contributed by atoms with Crippen LogP contribution < -0.4 is 4.74 Å². The van der Waals surface area contributed by atoms with Crippen molar-refractivity contribution < 1.29 is 14.2 Å². The van der Waals surface area contributed by atoms with Gasteiger partial charge in [0.05, 0.1) is 19.8 Å². The lowest BCUT2D eigenvalue weighted by molar-refractivity contribution is -0.206. The number of rotatable bonds is 10. The Hall–Kier alpha value is -2.28. The summed E-state index contributed by atoms with van der Waals surface area (Å²) in [6.07, 6.45) is 8.27. The van der Waals surface area contributed by atoms with E-state index in [9.17, 15) is 0 Å². The highest BCUT2D eigenvalue weighted by Gasteiger charge is 2.23. The van der Waals surface area contributed by atoms with Gasteiger partial charge >= 0.3 is 0 Å². The lowest BCUT2D eigenvalue weighted by Crippen LogP contribution is -2.27. The van der Waals surface area contributed by atoms with Crippen molar-refractivity contribution in [1.82, 2.24) is 0 Å². The quantitative estimate of drug-likeness (QED) is 0.309. The van der Waals surface area contributed by atoms with E-state index in [1.165, 1.54) is 38.5 Å². The van der Waals surface area contributed by atoms with Crippen molar-refractivity contribution in [3.8, 4) is 17.6 Å². The second kappa shape index (κ2) is 13.2. The molecule has 0 radical (unpaired) electrons. The number of hydrogen-bond acceptors (Lipinski definition) is 3. The second-order valence-corrected chi connectivity index (χ2v) is 8.31. The van der Waals surface area contributed by atoms with E-state index in [2.05, 4.69) is 37.8 Å². The van der Waals surface area contributed by atoms with E-state index in [0.29, 0.717) is 5.92 Å². The Bertz CT molecular complexity index is 806. The molecule has 31 heavy (non-hydrogen) atoms. The van der Waals surface area contributed by atoms with Crippen LogP contribution in [0.2, 0.25) is 0 Å². The summed E-state index contributed by atoms with van der Waals surface area (Å²) in [4.78, 5) is 0. The molecule has 0 N–H and O–H groups in total. The number of benzene rings is 2. The predicted molar refractivity (Wildman–Crippen MR) is 126 cm³/mol. The molecular weight excluding hydrogens is 384 g/mol. The van der Waals surface area contributed by atoms with E-state index in [0.717, 1.165) is 48.7 Å². The topological polar surface area (TPSA) is 27.7 Å². The molecule has 1 saturated heterocycles. The monoisotopic (exact) mass is 420 g/mol. The van der Waals surface area contributed by atoms with Gasteiger partial charge in [0.2, 0.25) is 0 Å². The summed E-state index contributed by atoms with van der Waals surface area (Å²) >= 11 is 0. The molecule has 0 atom stereocenters. The van der Waals surface area contributed by atoms with E-state index in [4.69, 9.17) is 14.2 Å². The fraction of sp³-hybridized carbons (Fsp3) is 0.500. The van der Waals surface area contributed by atoms with E-state index in [1.807, 2.05) is 36.4 Å². The van der Waals surface area contributed by atoms with Gasteiger partial charge in [-0.3, -0.25) is 0 Å². The van der Waals surface area contributed by atoms with E-state index in [-0.39, 0.29) is 6.29 Å². The molecule has 0 amide bonds. The molecule has 0 bridgehead atoms. The van der Waals surface area contributed by atoms with Gasteiger partial charge in [-0.25, -0.2) is 0 Å². The molecule has 0 unspecified atom stereocenters. The minimum Gasteiger partial charge on any atom is -0.494 e. The third-order valence-electron chi connectivity index (χ3n) is 5.59. The maximum Gasteiger partial charge on any atom is 0.183 e. The molecule has 1 aliphatic rings. The van der Waals surface area contributed by atoms with Crippen molar-refractivity contribution >= 4 is 0 Å². The zero-order valence-corrected chi connectivity index (χ0v) is 19.1. The summed E-state index contributed by atoms with van der Waals surface area (Å²) in [5.74, 6) is 7.90. The van der Waals surface area contributed by atoms with Gasteiger partial charge < -0.3 is 14.2 Å². The number of ether oxygens (including phenoxy) is 3. The Morgan fingerprint density at radius 2 is 1.35 bits per heavy atom. The standard InChI is InChI=1S/C28H36O3/c1-3-5-7-9-25-21-30-28(31-22-25)26-16-12-23(13-17-26)10-11-24-14-18-27(19-15-24)29-20-8-6-4-2/h12-19,25,28H,3-9,20-22H2,1-2H3. The third-order valence-corrected chi connectivity index (χ3v) is 5.59. The van der Waals surface area contributed by atoms with Gasteiger partial charge in [0, 0.05) is 22.6 Å². The average Bonchev–Trinajstić information content (AvgIpc) is 2.82. The Morgan fingerprint density at radius 1 is 0.774 bits per heavy atom. The van der Waals surface area contributed by atoms with Crippen molar-refractivity contribution in [3.63, 3.8) is 0 Å². The molecule has 2 aromatic rings. The maximum absolute atomic E-state index is 5.96. The molecule has 2 aromatic carbocycles. The molecule has 1 heterocycles. The lowest BCUT2D eigenvalue weighted by atomic mass is 10.0. The van der Waals surface area contributed by atoms with Crippen LogP contribution in [0.1, 0.15) is 81.8 Å². The summed E-state index contributed by atoms with van der Waals surface area (Å²) in [5, 5.41) is 0. The Balaban J connectivity index is 1.46. The average molecular weight is 421 g/mol. The van der Waals surface area contributed by atoms with Crippen LogP contribution in [0.25, 0.3) is 0 Å². The minimum atomic E-state index is -0.255. The van der Waals surface area contributed by atoms with Crippen molar-refractivity contribution in [3.05, 3.63) is 65.2 Å². The Kier molecular flexibility index (Phi) is 9.96. The molecule has 1 aliphatic heterocycles. The highest BCUT2D eigenvalue weighted by molar-refractivity contribution is 5.44. The highest BCUT2D eigenvalue weighted by atomic mass is 16.7. The third kappa shape index (κ3) is 8.05. The van der Waals surface area contributed by atoms with Crippen LogP contribution >= 0.6 is 0 Å². The van der Waals surface area contributed by atoms with Gasteiger partial charge in [-0.15, -0.1) is 0 Å². The van der Waals surface area contributed by atoms with Gasteiger partial charge in [-0.05, 0) is 49.2 Å². The fourth-order valence-corrected chi connectivity index (χ4v) is 3.63. The van der Waals surface area contributed by atoms with Crippen molar-refractivity contribution in [2.75, 3.05) is 19.8 Å². The molecule has 1 fully saturated rings. The first-order valence-corrected chi connectivity index (χ1v) is 11.9. The lowest BCUT2D eigenvalue weighted by Gasteiger charge is -2.29. The molecule has 0 aromatic heterocycles. The van der Waals surface area contributed by atoms with Crippen molar-refractivity contribution in [2.24, 2.45) is 5.92 Å². The predicted octanol–water partition coefficient (Wildman–Crippen LogP) is 6.90. The first-order chi connectivity index (χ1) is 15.3. The van der Waals surface area contributed by atoms with Crippen LogP contribution in [0.3, 0.4) is 0 Å². The maximum atomic E-state index is 5.96. The van der Waals surface area contributed by atoms with E-state index >= 15 is 0 Å². The zero-order chi connectivity index (χ0) is 21.7. The van der Waals surface area contributed by atoms with Gasteiger partial charge in [0.25, 0.3) is 0 Å². The molecule has 166 valence electrons. The van der Waals surface area contributed by atoms with Crippen LogP contribution in [0.5, 0.6) is 5.75 Å². The van der Waals surface area contributed by atoms with Gasteiger partial charge in [0.1, 0.15) is 5.75 Å². The van der Waals surface area contributed by atoms with Crippen LogP contribution in [-0.4, -0.2) is 19.8 Å². The van der Waals surface area contributed by atoms with Crippen molar-refractivity contribution in [2.45, 2.75) is 65.1 Å². The summed E-state index contributed by atoms with van der Waals surface area (Å²) in [6, 6.07) is 16.2. The molecule has 0 saturated carbocycles. The van der Waals surface area contributed by atoms with E-state index in [1.54, 1.807) is 0 Å². The molecule has 0 aliphatic carbocycles. The molecule has 0 spiro atoms. The van der Waals surface area contributed by atoms with Crippen LogP contribution in [0.15, 0.2) is 48.5 Å². The van der Waals surface area contributed by atoms with E-state index < -0.39 is 0 Å². The SMILES string of the molecule is CCCCCOc1ccc(C#Cc2ccc(C3OCC(CCCCC)CO3)cc2)cc1. The molecule has 3 rings (SSSR count).